The Labute approximate surface area is 143 Å². The summed E-state index contributed by atoms with van der Waals surface area (Å²) in [6.07, 6.45) is 0. The molecule has 3 amide bonds. The lowest BCUT2D eigenvalue weighted by Gasteiger charge is -2.18. The van der Waals surface area contributed by atoms with Crippen LogP contribution in [0, 0.1) is 0 Å². The third-order valence-corrected chi connectivity index (χ3v) is 4.47. The van der Waals surface area contributed by atoms with Gasteiger partial charge in [0.25, 0.3) is 5.56 Å². The Morgan fingerprint density at radius 2 is 1.88 bits per heavy atom. The Morgan fingerprint density at radius 1 is 1.21 bits per heavy atom. The van der Waals surface area contributed by atoms with Gasteiger partial charge in [0.1, 0.15) is 0 Å². The summed E-state index contributed by atoms with van der Waals surface area (Å²) in [5.41, 5.74) is 0.442. The molecule has 0 fully saturated rings. The number of fused-ring (bicyclic) bond motifs is 1. The van der Waals surface area contributed by atoms with E-state index >= 15 is 0 Å². The van der Waals surface area contributed by atoms with E-state index in [1.165, 1.54) is 7.05 Å². The topological polar surface area (TPSA) is 93.1 Å². The van der Waals surface area contributed by atoms with E-state index in [4.69, 9.17) is 0 Å². The molecule has 0 spiro atoms. The second-order valence-corrected chi connectivity index (χ2v) is 6.82. The lowest BCUT2D eigenvalue weighted by atomic mass is 10.2. The monoisotopic (exact) mass is 348 g/mol. The number of benzene rings is 1. The van der Waals surface area contributed by atoms with Crippen molar-refractivity contribution in [2.45, 2.75) is 37.2 Å². The third kappa shape index (κ3) is 3.76. The number of para-hydroxylation sites is 1. The summed E-state index contributed by atoms with van der Waals surface area (Å²) in [6.45, 7) is 5.43. The van der Waals surface area contributed by atoms with E-state index in [0.717, 1.165) is 11.8 Å². The maximum atomic E-state index is 12.7. The van der Waals surface area contributed by atoms with Crippen molar-refractivity contribution in [1.82, 2.24) is 20.2 Å². The fourth-order valence-corrected chi connectivity index (χ4v) is 3.19. The van der Waals surface area contributed by atoms with Crippen LogP contribution in [0.1, 0.15) is 26.8 Å². The number of amides is 3. The zero-order valence-electron chi connectivity index (χ0n) is 14.0. The van der Waals surface area contributed by atoms with Crippen molar-refractivity contribution in [3.05, 3.63) is 34.6 Å². The summed E-state index contributed by atoms with van der Waals surface area (Å²) >= 11 is 1.15. The highest BCUT2D eigenvalue weighted by atomic mass is 32.2. The molecule has 0 saturated heterocycles. The average molecular weight is 348 g/mol. The highest BCUT2D eigenvalue weighted by Crippen LogP contribution is 2.24. The van der Waals surface area contributed by atoms with E-state index in [0.29, 0.717) is 16.1 Å². The molecule has 0 saturated carbocycles. The lowest BCUT2D eigenvalue weighted by Crippen LogP contribution is -2.41. The summed E-state index contributed by atoms with van der Waals surface area (Å²) in [4.78, 5) is 40.5. The van der Waals surface area contributed by atoms with Crippen molar-refractivity contribution in [3.63, 3.8) is 0 Å². The number of carbonyl (C=O) groups is 2. The molecule has 24 heavy (non-hydrogen) atoms. The molecule has 0 bridgehead atoms. The molecular weight excluding hydrogens is 328 g/mol. The highest BCUT2D eigenvalue weighted by Gasteiger charge is 2.21. The maximum Gasteiger partial charge on any atom is 0.321 e. The lowest BCUT2D eigenvalue weighted by molar-refractivity contribution is -0.119. The Hall–Kier alpha value is -2.35. The minimum atomic E-state index is -0.583. The molecule has 0 aliphatic heterocycles. The van der Waals surface area contributed by atoms with Crippen molar-refractivity contribution in [2.24, 2.45) is 0 Å². The van der Waals surface area contributed by atoms with Gasteiger partial charge in [-0.2, -0.15) is 0 Å². The minimum absolute atomic E-state index is 0.105. The quantitative estimate of drug-likeness (QED) is 0.650. The second-order valence-electron chi connectivity index (χ2n) is 5.51. The first-order valence-electron chi connectivity index (χ1n) is 7.55. The van der Waals surface area contributed by atoms with Crippen LogP contribution in [-0.2, 0) is 4.79 Å². The zero-order valence-corrected chi connectivity index (χ0v) is 14.8. The van der Waals surface area contributed by atoms with Gasteiger partial charge in [-0.3, -0.25) is 19.5 Å². The zero-order chi connectivity index (χ0) is 17.9. The second kappa shape index (κ2) is 7.48. The fourth-order valence-electron chi connectivity index (χ4n) is 2.15. The van der Waals surface area contributed by atoms with Crippen LogP contribution in [-0.4, -0.2) is 33.8 Å². The fraction of sp³-hybridized carbons (Fsp3) is 0.375. The molecular formula is C16H20N4O3S. The number of aromatic nitrogens is 2. The third-order valence-electron chi connectivity index (χ3n) is 3.41. The van der Waals surface area contributed by atoms with Crippen LogP contribution in [0.25, 0.3) is 10.9 Å². The first-order valence-corrected chi connectivity index (χ1v) is 8.43. The molecule has 8 heteroatoms. The van der Waals surface area contributed by atoms with E-state index in [-0.39, 0.29) is 11.6 Å². The van der Waals surface area contributed by atoms with Crippen molar-refractivity contribution in [3.8, 4) is 0 Å². The van der Waals surface area contributed by atoms with Crippen molar-refractivity contribution in [1.29, 1.82) is 0 Å². The number of thioether (sulfide) groups is 1. The number of hydrogen-bond acceptors (Lipinski definition) is 5. The first kappa shape index (κ1) is 18.0. The van der Waals surface area contributed by atoms with Crippen molar-refractivity contribution >= 4 is 34.6 Å². The van der Waals surface area contributed by atoms with Gasteiger partial charge in [0.15, 0.2) is 5.16 Å². The van der Waals surface area contributed by atoms with Gasteiger partial charge in [-0.25, -0.2) is 9.78 Å². The standard InChI is InChI=1S/C16H20N4O3S/c1-9(2)20-14(22)11-7-5-6-8-12(11)18-16(20)24-10(3)13(21)19-15(23)17-4/h5-10H,1-4H3,(H2,17,19,21,23)/t10-/m1/s1. The smallest absolute Gasteiger partial charge is 0.321 e. The molecule has 0 aliphatic rings. The van der Waals surface area contributed by atoms with Crippen LogP contribution in [0.4, 0.5) is 4.79 Å². The molecule has 2 rings (SSSR count). The Kier molecular flexibility index (Phi) is 5.61. The number of nitrogens with zero attached hydrogens (tertiary/aromatic N) is 2. The van der Waals surface area contributed by atoms with Crippen LogP contribution in [0.5, 0.6) is 0 Å². The van der Waals surface area contributed by atoms with E-state index in [1.807, 2.05) is 19.9 Å². The Morgan fingerprint density at radius 3 is 2.50 bits per heavy atom. The summed E-state index contributed by atoms with van der Waals surface area (Å²) < 4.78 is 1.57. The molecule has 0 unspecified atom stereocenters. The van der Waals surface area contributed by atoms with E-state index in [9.17, 15) is 14.4 Å². The van der Waals surface area contributed by atoms with Crippen LogP contribution in [0.3, 0.4) is 0 Å². The average Bonchev–Trinajstić information content (AvgIpc) is 2.54. The van der Waals surface area contributed by atoms with Crippen LogP contribution in [0.15, 0.2) is 34.2 Å². The Bertz CT molecular complexity index is 832. The molecule has 0 aliphatic carbocycles. The minimum Gasteiger partial charge on any atom is -0.341 e. The van der Waals surface area contributed by atoms with Gasteiger partial charge in [0.2, 0.25) is 5.91 Å². The Balaban J connectivity index is 2.40. The largest absolute Gasteiger partial charge is 0.341 e. The molecule has 7 nitrogen and oxygen atoms in total. The SMILES string of the molecule is CNC(=O)NC(=O)[C@@H](C)Sc1nc2ccccc2c(=O)n1C(C)C. The summed E-state index contributed by atoms with van der Waals surface area (Å²) in [5.74, 6) is -0.447. The predicted molar refractivity (Wildman–Crippen MR) is 94.3 cm³/mol. The van der Waals surface area contributed by atoms with Gasteiger partial charge in [-0.1, -0.05) is 23.9 Å². The molecule has 1 aromatic heterocycles. The summed E-state index contributed by atoms with van der Waals surface area (Å²) in [6, 6.07) is 6.43. The van der Waals surface area contributed by atoms with Crippen LogP contribution in [0.2, 0.25) is 0 Å². The van der Waals surface area contributed by atoms with Gasteiger partial charge in [-0.15, -0.1) is 0 Å². The summed E-state index contributed by atoms with van der Waals surface area (Å²) in [7, 11) is 1.43. The first-order chi connectivity index (χ1) is 11.3. The van der Waals surface area contributed by atoms with Crippen LogP contribution < -0.4 is 16.2 Å². The van der Waals surface area contributed by atoms with Gasteiger partial charge in [0.05, 0.1) is 16.2 Å². The normalized spacial score (nSPS) is 12.2. The summed E-state index contributed by atoms with van der Waals surface area (Å²) in [5, 5.41) is 4.96. The van der Waals surface area contributed by atoms with E-state index in [2.05, 4.69) is 15.6 Å². The molecule has 1 aromatic carbocycles. The number of imide groups is 1. The highest BCUT2D eigenvalue weighted by molar-refractivity contribution is 8.00. The number of rotatable bonds is 4. The predicted octanol–water partition coefficient (Wildman–Crippen LogP) is 1.91. The molecule has 1 heterocycles. The van der Waals surface area contributed by atoms with Crippen molar-refractivity contribution < 1.29 is 9.59 Å². The van der Waals surface area contributed by atoms with E-state index in [1.54, 1.807) is 29.7 Å². The van der Waals surface area contributed by atoms with Crippen LogP contribution >= 0.6 is 11.8 Å². The molecule has 0 radical (unpaired) electrons. The molecule has 2 N–H and O–H groups in total. The van der Waals surface area contributed by atoms with Crippen molar-refractivity contribution in [2.75, 3.05) is 7.05 Å². The molecule has 2 aromatic rings. The molecule has 128 valence electrons. The maximum absolute atomic E-state index is 12.7. The van der Waals surface area contributed by atoms with Gasteiger partial charge in [-0.05, 0) is 32.9 Å². The number of hydrogen-bond donors (Lipinski definition) is 2. The van der Waals surface area contributed by atoms with Gasteiger partial charge in [0, 0.05) is 13.1 Å². The number of nitrogens with one attached hydrogen (secondary N) is 2. The number of carbonyl (C=O) groups excluding carboxylic acids is 2. The van der Waals surface area contributed by atoms with Gasteiger partial charge >= 0.3 is 6.03 Å². The van der Waals surface area contributed by atoms with Gasteiger partial charge < -0.3 is 5.32 Å². The van der Waals surface area contributed by atoms with E-state index < -0.39 is 17.2 Å². The molecule has 1 atom stereocenters. The number of urea groups is 1.